The van der Waals surface area contributed by atoms with Crippen LogP contribution in [-0.2, 0) is 0 Å². The van der Waals surface area contributed by atoms with Gasteiger partial charge < -0.3 is 20.1 Å². The van der Waals surface area contributed by atoms with Gasteiger partial charge in [0.1, 0.15) is 0 Å². The molecule has 0 atom stereocenters. The Labute approximate surface area is 95.9 Å². The third-order valence-corrected chi connectivity index (χ3v) is 2.38. The van der Waals surface area contributed by atoms with E-state index in [0.717, 1.165) is 30.3 Å². The van der Waals surface area contributed by atoms with Crippen LogP contribution in [0.15, 0.2) is 18.2 Å². The van der Waals surface area contributed by atoms with Crippen LogP contribution in [0.5, 0.6) is 11.5 Å². The smallest absolute Gasteiger partial charge is 0.231 e. The lowest BCUT2D eigenvalue weighted by molar-refractivity contribution is 0.174. The molecule has 2 rings (SSSR count). The van der Waals surface area contributed by atoms with Crippen LogP contribution in [0.2, 0.25) is 0 Å². The fraction of sp³-hybridized carbons (Fsp3) is 0.500. The van der Waals surface area contributed by atoms with Crippen LogP contribution in [0.25, 0.3) is 0 Å². The molecule has 4 heteroatoms. The summed E-state index contributed by atoms with van der Waals surface area (Å²) in [7, 11) is 0. The van der Waals surface area contributed by atoms with Gasteiger partial charge in [0.05, 0.1) is 0 Å². The molecule has 0 aliphatic carbocycles. The highest BCUT2D eigenvalue weighted by Gasteiger charge is 2.12. The first-order chi connectivity index (χ1) is 7.75. The summed E-state index contributed by atoms with van der Waals surface area (Å²) >= 11 is 0. The number of hydrogen-bond acceptors (Lipinski definition) is 4. The second-order valence-electron chi connectivity index (χ2n) is 4.10. The van der Waals surface area contributed by atoms with Crippen molar-refractivity contribution < 1.29 is 9.47 Å². The normalized spacial score (nSPS) is 13.2. The summed E-state index contributed by atoms with van der Waals surface area (Å²) in [5.41, 5.74) is 1.06. The molecule has 0 fully saturated rings. The van der Waals surface area contributed by atoms with Gasteiger partial charge in [0.15, 0.2) is 11.5 Å². The average Bonchev–Trinajstić information content (AvgIpc) is 2.71. The van der Waals surface area contributed by atoms with Gasteiger partial charge in [0.2, 0.25) is 6.79 Å². The van der Waals surface area contributed by atoms with Crippen LogP contribution in [-0.4, -0.2) is 25.9 Å². The zero-order valence-electron chi connectivity index (χ0n) is 9.75. The van der Waals surface area contributed by atoms with Crippen LogP contribution >= 0.6 is 0 Å². The number of fused-ring (bicyclic) bond motifs is 1. The van der Waals surface area contributed by atoms with Crippen molar-refractivity contribution in [3.05, 3.63) is 18.2 Å². The molecule has 1 aliphatic heterocycles. The molecular formula is C12H18N2O2. The molecule has 0 aromatic heterocycles. The van der Waals surface area contributed by atoms with Gasteiger partial charge in [-0.15, -0.1) is 0 Å². The number of nitrogens with one attached hydrogen (secondary N) is 2. The predicted octanol–water partition coefficient (Wildman–Crippen LogP) is 1.83. The van der Waals surface area contributed by atoms with E-state index in [0.29, 0.717) is 12.8 Å². The Bertz CT molecular complexity index is 353. The first-order valence-corrected chi connectivity index (χ1v) is 5.62. The third kappa shape index (κ3) is 2.79. The van der Waals surface area contributed by atoms with Gasteiger partial charge in [-0.25, -0.2) is 0 Å². The van der Waals surface area contributed by atoms with E-state index in [4.69, 9.17) is 9.47 Å². The molecule has 0 spiro atoms. The maximum Gasteiger partial charge on any atom is 0.231 e. The van der Waals surface area contributed by atoms with Crippen LogP contribution < -0.4 is 20.1 Å². The van der Waals surface area contributed by atoms with Crippen molar-refractivity contribution in [1.82, 2.24) is 5.32 Å². The Morgan fingerprint density at radius 2 is 2.00 bits per heavy atom. The third-order valence-electron chi connectivity index (χ3n) is 2.38. The fourth-order valence-corrected chi connectivity index (χ4v) is 1.57. The van der Waals surface area contributed by atoms with Crippen molar-refractivity contribution in [3.8, 4) is 11.5 Å². The average molecular weight is 222 g/mol. The fourth-order valence-electron chi connectivity index (χ4n) is 1.57. The van der Waals surface area contributed by atoms with Crippen LogP contribution in [0.1, 0.15) is 13.8 Å². The molecule has 0 saturated carbocycles. The lowest BCUT2D eigenvalue weighted by Crippen LogP contribution is -2.28. The van der Waals surface area contributed by atoms with Crippen molar-refractivity contribution >= 4 is 5.69 Å². The lowest BCUT2D eigenvalue weighted by Gasteiger charge is -2.10. The predicted molar refractivity (Wildman–Crippen MR) is 64.2 cm³/mol. The topological polar surface area (TPSA) is 42.5 Å². The first kappa shape index (κ1) is 11.1. The summed E-state index contributed by atoms with van der Waals surface area (Å²) < 4.78 is 10.6. The van der Waals surface area contributed by atoms with E-state index in [1.54, 1.807) is 0 Å². The summed E-state index contributed by atoms with van der Waals surface area (Å²) in [6, 6.07) is 6.43. The number of rotatable bonds is 5. The van der Waals surface area contributed by atoms with E-state index < -0.39 is 0 Å². The van der Waals surface area contributed by atoms with Gasteiger partial charge in [-0.1, -0.05) is 13.8 Å². The van der Waals surface area contributed by atoms with Crippen LogP contribution in [0.4, 0.5) is 5.69 Å². The second kappa shape index (κ2) is 5.07. The quantitative estimate of drug-likeness (QED) is 0.746. The zero-order valence-corrected chi connectivity index (χ0v) is 9.75. The zero-order chi connectivity index (χ0) is 11.4. The number of hydrogen-bond donors (Lipinski definition) is 2. The summed E-state index contributed by atoms with van der Waals surface area (Å²) in [4.78, 5) is 0. The molecule has 1 aromatic carbocycles. The summed E-state index contributed by atoms with van der Waals surface area (Å²) in [6.45, 7) is 6.46. The van der Waals surface area contributed by atoms with E-state index in [-0.39, 0.29) is 0 Å². The SMILES string of the molecule is CC(C)NCCNc1ccc2c(c1)OCO2. The Morgan fingerprint density at radius 1 is 1.19 bits per heavy atom. The first-order valence-electron chi connectivity index (χ1n) is 5.62. The molecule has 0 saturated heterocycles. The van der Waals surface area contributed by atoms with Gasteiger partial charge in [0.25, 0.3) is 0 Å². The minimum atomic E-state index is 0.327. The van der Waals surface area contributed by atoms with Gasteiger partial charge in [-0.05, 0) is 12.1 Å². The van der Waals surface area contributed by atoms with Crippen molar-refractivity contribution in [2.45, 2.75) is 19.9 Å². The molecule has 1 heterocycles. The maximum absolute atomic E-state index is 5.31. The molecule has 4 nitrogen and oxygen atoms in total. The largest absolute Gasteiger partial charge is 0.454 e. The molecule has 0 radical (unpaired) electrons. The summed E-state index contributed by atoms with van der Waals surface area (Å²) in [6.07, 6.45) is 0. The molecule has 0 amide bonds. The molecule has 0 bridgehead atoms. The molecule has 0 unspecified atom stereocenters. The monoisotopic (exact) mass is 222 g/mol. The molecule has 2 N–H and O–H groups in total. The summed E-state index contributed by atoms with van der Waals surface area (Å²) in [5, 5.41) is 6.68. The van der Waals surface area contributed by atoms with E-state index in [1.165, 1.54) is 0 Å². The Kier molecular flexibility index (Phi) is 3.51. The standard InChI is InChI=1S/C12H18N2O2/c1-9(2)13-5-6-14-10-3-4-11-12(7-10)16-8-15-11/h3-4,7,9,13-14H,5-6,8H2,1-2H3. The number of benzene rings is 1. The molecule has 1 aliphatic rings. The Balaban J connectivity index is 1.81. The second-order valence-corrected chi connectivity index (χ2v) is 4.10. The minimum Gasteiger partial charge on any atom is -0.454 e. The van der Waals surface area contributed by atoms with Crippen molar-refractivity contribution in [2.24, 2.45) is 0 Å². The Hall–Kier alpha value is -1.42. The van der Waals surface area contributed by atoms with Crippen molar-refractivity contribution in [1.29, 1.82) is 0 Å². The van der Waals surface area contributed by atoms with Gasteiger partial charge in [-0.2, -0.15) is 0 Å². The van der Waals surface area contributed by atoms with Gasteiger partial charge in [-0.3, -0.25) is 0 Å². The highest BCUT2D eigenvalue weighted by Crippen LogP contribution is 2.33. The van der Waals surface area contributed by atoms with Gasteiger partial charge in [0, 0.05) is 30.9 Å². The van der Waals surface area contributed by atoms with E-state index in [2.05, 4.69) is 24.5 Å². The Morgan fingerprint density at radius 3 is 2.81 bits per heavy atom. The van der Waals surface area contributed by atoms with Crippen molar-refractivity contribution in [3.63, 3.8) is 0 Å². The number of anilines is 1. The highest BCUT2D eigenvalue weighted by molar-refractivity contribution is 5.55. The summed E-state index contributed by atoms with van der Waals surface area (Å²) in [5.74, 6) is 1.65. The van der Waals surface area contributed by atoms with E-state index in [1.807, 2.05) is 18.2 Å². The maximum atomic E-state index is 5.31. The molecule has 1 aromatic rings. The lowest BCUT2D eigenvalue weighted by atomic mass is 10.3. The van der Waals surface area contributed by atoms with Gasteiger partial charge >= 0.3 is 0 Å². The van der Waals surface area contributed by atoms with E-state index >= 15 is 0 Å². The van der Waals surface area contributed by atoms with Crippen LogP contribution in [0, 0.1) is 0 Å². The molecular weight excluding hydrogens is 204 g/mol. The molecule has 88 valence electrons. The van der Waals surface area contributed by atoms with E-state index in [9.17, 15) is 0 Å². The minimum absolute atomic E-state index is 0.327. The molecule has 16 heavy (non-hydrogen) atoms. The van der Waals surface area contributed by atoms with Crippen molar-refractivity contribution in [2.75, 3.05) is 25.2 Å². The number of ether oxygens (including phenoxy) is 2. The highest BCUT2D eigenvalue weighted by atomic mass is 16.7. The van der Waals surface area contributed by atoms with Crippen LogP contribution in [0.3, 0.4) is 0 Å².